The van der Waals surface area contributed by atoms with Crippen molar-refractivity contribution in [2.75, 3.05) is 6.61 Å². The molecule has 26 heavy (non-hydrogen) atoms. The number of ether oxygens (including phenoxy) is 1. The summed E-state index contributed by atoms with van der Waals surface area (Å²) < 4.78 is 5.64. The number of rotatable bonds is 6. The zero-order valence-electron chi connectivity index (χ0n) is 14.7. The van der Waals surface area contributed by atoms with Gasteiger partial charge < -0.3 is 15.2 Å². The lowest BCUT2D eigenvalue weighted by Crippen LogP contribution is -2.61. The van der Waals surface area contributed by atoms with E-state index in [1.54, 1.807) is 18.2 Å². The molecule has 2 atom stereocenters. The van der Waals surface area contributed by atoms with Crippen molar-refractivity contribution in [3.63, 3.8) is 0 Å². The first-order valence-electron chi connectivity index (χ1n) is 9.51. The minimum atomic E-state index is -0.455. The fraction of sp³-hybridized carbons (Fsp3) is 0.650. The van der Waals surface area contributed by atoms with Gasteiger partial charge in [-0.3, -0.25) is 4.79 Å². The molecule has 142 valence electrons. The van der Waals surface area contributed by atoms with Crippen molar-refractivity contribution < 1.29 is 14.6 Å². The molecule has 1 aromatic carbocycles. The van der Waals surface area contributed by atoms with Crippen molar-refractivity contribution in [3.8, 4) is 5.75 Å². The molecule has 4 aliphatic rings. The number of hydrogen-bond donors (Lipinski definition) is 2. The number of halogens is 2. The van der Waals surface area contributed by atoms with Crippen LogP contribution in [0.5, 0.6) is 5.75 Å². The molecule has 0 radical (unpaired) electrons. The van der Waals surface area contributed by atoms with Gasteiger partial charge in [0.05, 0.1) is 17.2 Å². The minimum absolute atomic E-state index is 0.0836. The van der Waals surface area contributed by atoms with E-state index in [0.29, 0.717) is 53.0 Å². The highest BCUT2D eigenvalue weighted by Crippen LogP contribution is 2.55. The van der Waals surface area contributed by atoms with E-state index in [-0.39, 0.29) is 11.9 Å². The molecule has 2 unspecified atom stereocenters. The second-order valence-corrected chi connectivity index (χ2v) is 9.16. The van der Waals surface area contributed by atoms with Gasteiger partial charge in [0.25, 0.3) is 0 Å². The van der Waals surface area contributed by atoms with Gasteiger partial charge >= 0.3 is 0 Å². The van der Waals surface area contributed by atoms with Crippen LogP contribution in [-0.2, 0) is 4.79 Å². The smallest absolute Gasteiger partial charge is 0.220 e. The van der Waals surface area contributed by atoms with E-state index in [1.165, 1.54) is 0 Å². The monoisotopic (exact) mass is 397 g/mol. The topological polar surface area (TPSA) is 58.6 Å². The molecule has 0 spiro atoms. The van der Waals surface area contributed by atoms with Crippen molar-refractivity contribution in [1.82, 2.24) is 5.32 Å². The zero-order valence-corrected chi connectivity index (χ0v) is 16.2. The Hall–Kier alpha value is -0.970. The largest absolute Gasteiger partial charge is 0.492 e. The molecule has 4 nitrogen and oxygen atoms in total. The van der Waals surface area contributed by atoms with E-state index in [1.807, 2.05) is 0 Å². The Morgan fingerprint density at radius 3 is 2.62 bits per heavy atom. The lowest BCUT2D eigenvalue weighted by Gasteiger charge is -2.58. The maximum Gasteiger partial charge on any atom is 0.220 e. The molecule has 5 rings (SSSR count). The van der Waals surface area contributed by atoms with Gasteiger partial charge in [-0.05, 0) is 74.5 Å². The predicted molar refractivity (Wildman–Crippen MR) is 102 cm³/mol. The maximum atomic E-state index is 12.4. The van der Waals surface area contributed by atoms with Crippen LogP contribution in [0.1, 0.15) is 44.9 Å². The fourth-order valence-electron chi connectivity index (χ4n) is 5.48. The van der Waals surface area contributed by atoms with E-state index in [0.717, 1.165) is 32.1 Å². The molecule has 0 heterocycles. The van der Waals surface area contributed by atoms with Crippen molar-refractivity contribution in [2.24, 2.45) is 17.8 Å². The zero-order chi connectivity index (χ0) is 18.3. The molecular formula is C20H25Cl2NO3. The van der Waals surface area contributed by atoms with Crippen LogP contribution in [0.15, 0.2) is 18.2 Å². The van der Waals surface area contributed by atoms with Gasteiger partial charge in [-0.1, -0.05) is 23.2 Å². The van der Waals surface area contributed by atoms with Crippen LogP contribution in [0.4, 0.5) is 0 Å². The molecular weight excluding hydrogens is 373 g/mol. The summed E-state index contributed by atoms with van der Waals surface area (Å²) in [6.07, 6.45) is 6.05. The van der Waals surface area contributed by atoms with Gasteiger partial charge in [0.15, 0.2) is 0 Å². The number of benzene rings is 1. The van der Waals surface area contributed by atoms with E-state index in [4.69, 9.17) is 27.9 Å². The molecule has 1 aromatic rings. The number of nitrogens with one attached hydrogen (secondary N) is 1. The summed E-state index contributed by atoms with van der Waals surface area (Å²) in [5.74, 6) is 2.22. The Balaban J connectivity index is 1.22. The third-order valence-corrected chi connectivity index (χ3v) is 6.80. The van der Waals surface area contributed by atoms with Gasteiger partial charge in [-0.15, -0.1) is 0 Å². The fourth-order valence-corrected chi connectivity index (χ4v) is 5.95. The molecule has 6 heteroatoms. The molecule has 4 saturated carbocycles. The van der Waals surface area contributed by atoms with E-state index in [9.17, 15) is 9.90 Å². The average molecular weight is 398 g/mol. The van der Waals surface area contributed by atoms with Crippen molar-refractivity contribution in [1.29, 1.82) is 0 Å². The van der Waals surface area contributed by atoms with Crippen LogP contribution < -0.4 is 10.1 Å². The molecule has 0 aliphatic heterocycles. The Kier molecular flexibility index (Phi) is 5.10. The first-order chi connectivity index (χ1) is 12.4. The summed E-state index contributed by atoms with van der Waals surface area (Å²) in [7, 11) is 0. The summed E-state index contributed by atoms with van der Waals surface area (Å²) in [6.45, 7) is 0.439. The molecule has 4 fully saturated rings. The van der Waals surface area contributed by atoms with Crippen molar-refractivity contribution in [3.05, 3.63) is 28.2 Å². The molecule has 4 aliphatic carbocycles. The first kappa shape index (κ1) is 18.4. The highest BCUT2D eigenvalue weighted by atomic mass is 35.5. The Bertz CT molecular complexity index is 680. The number of hydrogen-bond acceptors (Lipinski definition) is 3. The third kappa shape index (κ3) is 3.83. The van der Waals surface area contributed by atoms with Gasteiger partial charge in [0.1, 0.15) is 5.75 Å². The van der Waals surface area contributed by atoms with Crippen molar-refractivity contribution in [2.45, 2.75) is 56.6 Å². The van der Waals surface area contributed by atoms with Crippen molar-refractivity contribution >= 4 is 29.1 Å². The summed E-state index contributed by atoms with van der Waals surface area (Å²) in [5, 5.41) is 14.9. The molecule has 0 aromatic heterocycles. The SMILES string of the molecule is O=C(CCCOc1ccc(Cl)cc1Cl)NC1C2CC3CC1CC(O)(C3)C2. The Labute approximate surface area is 164 Å². The highest BCUT2D eigenvalue weighted by molar-refractivity contribution is 6.35. The Morgan fingerprint density at radius 2 is 1.96 bits per heavy atom. The maximum absolute atomic E-state index is 12.4. The second kappa shape index (κ2) is 7.21. The quantitative estimate of drug-likeness (QED) is 0.706. The molecule has 4 bridgehead atoms. The van der Waals surface area contributed by atoms with E-state index < -0.39 is 5.60 Å². The summed E-state index contributed by atoms with van der Waals surface area (Å²) >= 11 is 11.9. The van der Waals surface area contributed by atoms with Crippen LogP contribution in [0.25, 0.3) is 0 Å². The van der Waals surface area contributed by atoms with Crippen LogP contribution in [0, 0.1) is 17.8 Å². The Morgan fingerprint density at radius 1 is 1.23 bits per heavy atom. The lowest BCUT2D eigenvalue weighted by molar-refractivity contribution is -0.146. The number of carbonyl (C=O) groups is 1. The molecule has 0 saturated heterocycles. The van der Waals surface area contributed by atoms with Crippen LogP contribution >= 0.6 is 23.2 Å². The van der Waals surface area contributed by atoms with E-state index >= 15 is 0 Å². The van der Waals surface area contributed by atoms with Crippen LogP contribution in [0.2, 0.25) is 10.0 Å². The van der Waals surface area contributed by atoms with Crippen LogP contribution in [-0.4, -0.2) is 29.3 Å². The third-order valence-electron chi connectivity index (χ3n) is 6.27. The van der Waals surface area contributed by atoms with Gasteiger partial charge in [-0.25, -0.2) is 0 Å². The normalized spacial score (nSPS) is 34.7. The minimum Gasteiger partial charge on any atom is -0.492 e. The molecule has 2 N–H and O–H groups in total. The highest BCUT2D eigenvalue weighted by Gasteiger charge is 2.54. The summed E-state index contributed by atoms with van der Waals surface area (Å²) in [6, 6.07) is 5.36. The van der Waals surface area contributed by atoms with Gasteiger partial charge in [-0.2, -0.15) is 0 Å². The lowest BCUT2D eigenvalue weighted by atomic mass is 9.52. The average Bonchev–Trinajstić information content (AvgIpc) is 2.55. The van der Waals surface area contributed by atoms with E-state index in [2.05, 4.69) is 5.32 Å². The van der Waals surface area contributed by atoms with Gasteiger partial charge in [0, 0.05) is 17.5 Å². The second-order valence-electron chi connectivity index (χ2n) is 8.31. The standard InChI is InChI=1S/C20H25Cl2NO3/c21-15-3-4-17(16(22)8-15)26-5-1-2-18(24)23-19-13-6-12-7-14(19)11-20(25,9-12)10-13/h3-4,8,12-14,19,25H,1-2,5-7,9-11H2,(H,23,24). The molecule has 1 amide bonds. The summed E-state index contributed by atoms with van der Waals surface area (Å²) in [4.78, 5) is 12.4. The first-order valence-corrected chi connectivity index (χ1v) is 10.3. The number of carbonyl (C=O) groups excluding carboxylic acids is 1. The summed E-state index contributed by atoms with van der Waals surface area (Å²) in [5.41, 5.74) is -0.455. The predicted octanol–water partition coefficient (Wildman–Crippen LogP) is 4.21. The van der Waals surface area contributed by atoms with Crippen LogP contribution in [0.3, 0.4) is 0 Å². The van der Waals surface area contributed by atoms with Gasteiger partial charge in [0.2, 0.25) is 5.91 Å². The number of aliphatic hydroxyl groups is 1. The number of amides is 1.